The molecule has 0 aliphatic heterocycles. The Labute approximate surface area is 108 Å². The number of nitrogens with zero attached hydrogens (tertiary/aromatic N) is 1. The number of ether oxygens (including phenoxy) is 1. The van der Waals surface area contributed by atoms with Gasteiger partial charge < -0.3 is 4.74 Å². The van der Waals surface area contributed by atoms with E-state index in [0.29, 0.717) is 0 Å². The van der Waals surface area contributed by atoms with Gasteiger partial charge in [0, 0.05) is 6.20 Å². The first kappa shape index (κ1) is 15.9. The van der Waals surface area contributed by atoms with E-state index in [4.69, 9.17) is 0 Å². The van der Waals surface area contributed by atoms with E-state index in [1.54, 1.807) is 0 Å². The molecule has 0 bridgehead atoms. The fourth-order valence-electron chi connectivity index (χ4n) is 1.05. The maximum Gasteiger partial charge on any atom is 0.573 e. The second-order valence-corrected chi connectivity index (χ2v) is 3.84. The molecule has 0 N–H and O–H groups in total. The van der Waals surface area contributed by atoms with Gasteiger partial charge in [-0.3, -0.25) is 4.98 Å². The number of rotatable bonds is 2. The molecule has 0 atom stereocenters. The van der Waals surface area contributed by atoms with Gasteiger partial charge in [-0.15, -0.1) is 13.2 Å². The maximum absolute atomic E-state index is 12.4. The highest BCUT2D eigenvalue weighted by molar-refractivity contribution is 9.10. The van der Waals surface area contributed by atoms with Crippen LogP contribution in [0.1, 0.15) is 17.7 Å². The third-order valence-electron chi connectivity index (χ3n) is 1.73. The van der Waals surface area contributed by atoms with Gasteiger partial charge >= 0.3 is 12.5 Å². The fraction of sp³-hybridized carbons (Fsp3) is 0.375. The van der Waals surface area contributed by atoms with Crippen LogP contribution >= 0.6 is 15.9 Å². The molecule has 0 amide bonds. The molecule has 0 spiro atoms. The van der Waals surface area contributed by atoms with Crippen molar-refractivity contribution in [2.75, 3.05) is 0 Å². The zero-order chi connectivity index (χ0) is 15.0. The number of halogens is 9. The summed E-state index contributed by atoms with van der Waals surface area (Å²) >= 11 is 2.17. The molecular weight excluding hydrogens is 358 g/mol. The SMILES string of the molecule is FC(F)c1ncc(C(F)(F)F)c(Br)c1OC(F)(F)F. The molecule has 1 aromatic rings. The minimum atomic E-state index is -5.43. The number of aromatic nitrogens is 1. The van der Waals surface area contributed by atoms with Crippen LogP contribution < -0.4 is 4.74 Å². The quantitative estimate of drug-likeness (QED) is 0.714. The molecule has 0 aliphatic carbocycles. The van der Waals surface area contributed by atoms with Gasteiger partial charge in [0.25, 0.3) is 6.43 Å². The second-order valence-electron chi connectivity index (χ2n) is 3.05. The Hall–Kier alpha value is -1.13. The normalized spacial score (nSPS) is 12.9. The van der Waals surface area contributed by atoms with Crippen LogP contribution in [-0.4, -0.2) is 11.3 Å². The molecule has 1 heterocycles. The van der Waals surface area contributed by atoms with Gasteiger partial charge in [-0.05, 0) is 15.9 Å². The Kier molecular flexibility index (Phi) is 4.27. The molecule has 1 aromatic heterocycles. The Morgan fingerprint density at radius 1 is 1.11 bits per heavy atom. The van der Waals surface area contributed by atoms with Crippen molar-refractivity contribution in [3.8, 4) is 5.75 Å². The van der Waals surface area contributed by atoms with E-state index in [0.717, 1.165) is 0 Å². The molecule has 0 radical (unpaired) electrons. The van der Waals surface area contributed by atoms with Gasteiger partial charge in [-0.1, -0.05) is 0 Å². The van der Waals surface area contributed by atoms with E-state index in [1.807, 2.05) is 0 Å². The molecule has 11 heteroatoms. The molecule has 0 saturated carbocycles. The van der Waals surface area contributed by atoms with Crippen LogP contribution in [0.3, 0.4) is 0 Å². The Bertz CT molecular complexity index is 469. The first-order chi connectivity index (χ1) is 8.43. The van der Waals surface area contributed by atoms with Crippen LogP contribution in [-0.2, 0) is 6.18 Å². The van der Waals surface area contributed by atoms with Crippen LogP contribution in [0.15, 0.2) is 10.7 Å². The molecular formula is C8H2BrF8NO. The first-order valence-corrected chi connectivity index (χ1v) is 5.02. The van der Waals surface area contributed by atoms with Crippen molar-refractivity contribution in [1.29, 1.82) is 0 Å². The van der Waals surface area contributed by atoms with E-state index in [2.05, 4.69) is 25.7 Å². The lowest BCUT2D eigenvalue weighted by Crippen LogP contribution is -2.20. The monoisotopic (exact) mass is 359 g/mol. The smallest absolute Gasteiger partial charge is 0.402 e. The summed E-state index contributed by atoms with van der Waals surface area (Å²) in [6, 6.07) is 0. The molecule has 19 heavy (non-hydrogen) atoms. The lowest BCUT2D eigenvalue weighted by Gasteiger charge is -2.17. The number of alkyl halides is 8. The van der Waals surface area contributed by atoms with Crippen LogP contribution in [0.5, 0.6) is 5.75 Å². The number of hydrogen-bond donors (Lipinski definition) is 0. The standard InChI is InChI=1S/C8H2BrF8NO/c9-3-2(7(12,13)14)1-18-4(6(10)11)5(3)19-8(15,16)17/h1,6H. The van der Waals surface area contributed by atoms with Gasteiger partial charge in [0.1, 0.15) is 5.69 Å². The molecule has 0 unspecified atom stereocenters. The van der Waals surface area contributed by atoms with Crippen LogP contribution in [0.4, 0.5) is 35.1 Å². The first-order valence-electron chi connectivity index (χ1n) is 4.23. The summed E-state index contributed by atoms with van der Waals surface area (Å²) in [6.45, 7) is 0. The fourth-order valence-corrected chi connectivity index (χ4v) is 1.66. The van der Waals surface area contributed by atoms with Crippen molar-refractivity contribution in [1.82, 2.24) is 4.98 Å². The highest BCUT2D eigenvalue weighted by Crippen LogP contribution is 2.44. The minimum Gasteiger partial charge on any atom is -0.402 e. The molecule has 1 rings (SSSR count). The van der Waals surface area contributed by atoms with Crippen molar-refractivity contribution < 1.29 is 39.9 Å². The molecule has 108 valence electrons. The number of hydrogen-bond acceptors (Lipinski definition) is 2. The number of pyridine rings is 1. The summed E-state index contributed by atoms with van der Waals surface area (Å²) in [5, 5.41) is 0. The highest BCUT2D eigenvalue weighted by atomic mass is 79.9. The Balaban J connectivity index is 3.45. The van der Waals surface area contributed by atoms with Crippen molar-refractivity contribution in [2.24, 2.45) is 0 Å². The summed E-state index contributed by atoms with van der Waals surface area (Å²) in [5.74, 6) is -1.71. The zero-order valence-electron chi connectivity index (χ0n) is 8.41. The van der Waals surface area contributed by atoms with E-state index < -0.39 is 40.4 Å². The topological polar surface area (TPSA) is 22.1 Å². The van der Waals surface area contributed by atoms with Crippen LogP contribution in [0.25, 0.3) is 0 Å². The molecule has 0 aliphatic rings. The van der Waals surface area contributed by atoms with Gasteiger partial charge in [0.2, 0.25) is 0 Å². The van der Waals surface area contributed by atoms with Gasteiger partial charge in [0.15, 0.2) is 5.75 Å². The van der Waals surface area contributed by atoms with Crippen LogP contribution in [0, 0.1) is 0 Å². The van der Waals surface area contributed by atoms with E-state index >= 15 is 0 Å². The van der Waals surface area contributed by atoms with Gasteiger partial charge in [-0.25, -0.2) is 8.78 Å². The van der Waals surface area contributed by atoms with Crippen molar-refractivity contribution in [3.63, 3.8) is 0 Å². The molecule has 2 nitrogen and oxygen atoms in total. The molecule has 0 saturated heterocycles. The average Bonchev–Trinajstić information content (AvgIpc) is 2.16. The summed E-state index contributed by atoms with van der Waals surface area (Å²) in [6.07, 6.45) is -14.0. The van der Waals surface area contributed by atoms with Gasteiger partial charge in [-0.2, -0.15) is 13.2 Å². The third kappa shape index (κ3) is 3.91. The second kappa shape index (κ2) is 5.10. The predicted molar refractivity (Wildman–Crippen MR) is 48.6 cm³/mol. The van der Waals surface area contributed by atoms with Crippen molar-refractivity contribution in [3.05, 3.63) is 21.9 Å². The van der Waals surface area contributed by atoms with Crippen molar-refractivity contribution in [2.45, 2.75) is 19.0 Å². The minimum absolute atomic E-state index is 0.00515. The lowest BCUT2D eigenvalue weighted by atomic mass is 10.2. The summed E-state index contributed by atoms with van der Waals surface area (Å²) in [7, 11) is 0. The average molecular weight is 360 g/mol. The predicted octanol–water partition coefficient (Wildman–Crippen LogP) is 4.70. The Morgan fingerprint density at radius 3 is 2.00 bits per heavy atom. The zero-order valence-corrected chi connectivity index (χ0v) is 10.00. The van der Waals surface area contributed by atoms with Gasteiger partial charge in [0.05, 0.1) is 10.0 Å². The van der Waals surface area contributed by atoms with E-state index in [9.17, 15) is 35.1 Å². The summed E-state index contributed by atoms with van der Waals surface area (Å²) in [4.78, 5) is 2.66. The summed E-state index contributed by atoms with van der Waals surface area (Å²) < 4.78 is 99.9. The van der Waals surface area contributed by atoms with E-state index in [-0.39, 0.29) is 6.20 Å². The Morgan fingerprint density at radius 2 is 1.63 bits per heavy atom. The molecule has 0 aromatic carbocycles. The summed E-state index contributed by atoms with van der Waals surface area (Å²) in [5.41, 5.74) is -3.20. The van der Waals surface area contributed by atoms with Crippen LogP contribution in [0.2, 0.25) is 0 Å². The lowest BCUT2D eigenvalue weighted by molar-refractivity contribution is -0.275. The maximum atomic E-state index is 12.4. The highest BCUT2D eigenvalue weighted by Gasteiger charge is 2.40. The third-order valence-corrected chi connectivity index (χ3v) is 2.52. The largest absolute Gasteiger partial charge is 0.573 e. The van der Waals surface area contributed by atoms with Crippen molar-refractivity contribution >= 4 is 15.9 Å². The van der Waals surface area contributed by atoms with E-state index in [1.165, 1.54) is 0 Å². The molecule has 0 fully saturated rings.